The van der Waals surface area contributed by atoms with Gasteiger partial charge in [-0.3, -0.25) is 0 Å². The number of rotatable bonds is 2. The summed E-state index contributed by atoms with van der Waals surface area (Å²) in [5, 5.41) is 20.2. The number of halogens is 1. The van der Waals surface area contributed by atoms with E-state index in [4.69, 9.17) is 0 Å². The lowest BCUT2D eigenvalue weighted by Crippen LogP contribution is -1.82. The van der Waals surface area contributed by atoms with Crippen LogP contribution in [0.3, 0.4) is 0 Å². The van der Waals surface area contributed by atoms with Crippen LogP contribution in [0.2, 0.25) is 0 Å². The fraction of sp³-hybridized carbons (Fsp3) is 0. The minimum atomic E-state index is 0. The second-order valence-electron chi connectivity index (χ2n) is 4.51. The fourth-order valence-corrected chi connectivity index (χ4v) is 2.03. The number of hydrogen-bond donors (Lipinski definition) is 2. The molecule has 0 saturated heterocycles. The highest BCUT2D eigenvalue weighted by atomic mass is 35.5. The number of phenolic OH excluding ortho intramolecular Hbond substituents is 2. The fourth-order valence-electron chi connectivity index (χ4n) is 2.03. The Balaban J connectivity index is 0.00000161. The maximum atomic E-state index is 9.70. The van der Waals surface area contributed by atoms with Crippen molar-refractivity contribution in [3.8, 4) is 11.5 Å². The molecule has 0 saturated carbocycles. The molecule has 1 aromatic heterocycles. The first-order chi connectivity index (χ1) is 9.72. The highest BCUT2D eigenvalue weighted by Gasteiger charge is 1.99. The van der Waals surface area contributed by atoms with Gasteiger partial charge in [0, 0.05) is 10.9 Å². The highest BCUT2D eigenvalue weighted by molar-refractivity contribution is 5.85. The molecule has 0 atom stereocenters. The van der Waals surface area contributed by atoms with E-state index < -0.39 is 0 Å². The standard InChI is InChI=1S/C17H13NO2.ClH/c19-15-9-10-17(20)13(11-15)6-8-14-7-5-12-3-1-2-4-16(12)18-14;/h1-11,19-20H;1H. The van der Waals surface area contributed by atoms with E-state index in [0.29, 0.717) is 5.56 Å². The van der Waals surface area contributed by atoms with Crippen molar-refractivity contribution < 1.29 is 10.2 Å². The van der Waals surface area contributed by atoms with Crippen LogP contribution in [-0.2, 0) is 0 Å². The van der Waals surface area contributed by atoms with Gasteiger partial charge in [0.25, 0.3) is 0 Å². The summed E-state index contributed by atoms with van der Waals surface area (Å²) in [6.07, 6.45) is 3.53. The van der Waals surface area contributed by atoms with Crippen LogP contribution in [0.1, 0.15) is 11.3 Å². The van der Waals surface area contributed by atoms with Gasteiger partial charge in [-0.05, 0) is 42.5 Å². The van der Waals surface area contributed by atoms with Crippen molar-refractivity contribution in [2.24, 2.45) is 0 Å². The van der Waals surface area contributed by atoms with Gasteiger partial charge in [0.2, 0.25) is 0 Å². The summed E-state index contributed by atoms with van der Waals surface area (Å²) in [5.41, 5.74) is 2.28. The smallest absolute Gasteiger partial charge is 0.123 e. The first kappa shape index (κ1) is 14.9. The number of aromatic hydroxyl groups is 2. The van der Waals surface area contributed by atoms with Gasteiger partial charge in [-0.25, -0.2) is 4.98 Å². The molecule has 0 spiro atoms. The largest absolute Gasteiger partial charge is 0.508 e. The van der Waals surface area contributed by atoms with Crippen LogP contribution in [0, 0.1) is 0 Å². The SMILES string of the molecule is Cl.Oc1ccc(O)c(C=Cc2ccc3ccccc3n2)c1. The van der Waals surface area contributed by atoms with Crippen LogP contribution in [0.5, 0.6) is 11.5 Å². The van der Waals surface area contributed by atoms with E-state index in [1.54, 1.807) is 12.2 Å². The van der Waals surface area contributed by atoms with Crippen molar-refractivity contribution in [3.63, 3.8) is 0 Å². The Hall–Kier alpha value is -2.52. The van der Waals surface area contributed by atoms with E-state index in [0.717, 1.165) is 16.6 Å². The summed E-state index contributed by atoms with van der Waals surface area (Å²) >= 11 is 0. The number of phenols is 2. The van der Waals surface area contributed by atoms with E-state index in [1.807, 2.05) is 36.4 Å². The number of hydrogen-bond acceptors (Lipinski definition) is 3. The average molecular weight is 300 g/mol. The molecule has 4 heteroatoms. The second-order valence-corrected chi connectivity index (χ2v) is 4.51. The van der Waals surface area contributed by atoms with Crippen molar-refractivity contribution >= 4 is 35.5 Å². The molecule has 3 aromatic rings. The Bertz CT molecular complexity index is 800. The van der Waals surface area contributed by atoms with Crippen LogP contribution in [-0.4, -0.2) is 15.2 Å². The van der Waals surface area contributed by atoms with Crippen LogP contribution >= 0.6 is 12.4 Å². The number of nitrogens with zero attached hydrogens (tertiary/aromatic N) is 1. The minimum absolute atomic E-state index is 0. The Morgan fingerprint density at radius 3 is 2.52 bits per heavy atom. The number of benzene rings is 2. The molecule has 3 nitrogen and oxygen atoms in total. The van der Waals surface area contributed by atoms with Gasteiger partial charge < -0.3 is 10.2 Å². The van der Waals surface area contributed by atoms with E-state index >= 15 is 0 Å². The molecule has 0 aliphatic heterocycles. The Morgan fingerprint density at radius 1 is 0.857 bits per heavy atom. The van der Waals surface area contributed by atoms with Crippen molar-refractivity contribution in [2.45, 2.75) is 0 Å². The van der Waals surface area contributed by atoms with Crippen molar-refractivity contribution in [1.82, 2.24) is 4.98 Å². The molecule has 0 unspecified atom stereocenters. The minimum Gasteiger partial charge on any atom is -0.508 e. The third-order valence-electron chi connectivity index (χ3n) is 3.06. The van der Waals surface area contributed by atoms with E-state index in [-0.39, 0.29) is 23.9 Å². The maximum Gasteiger partial charge on any atom is 0.123 e. The lowest BCUT2D eigenvalue weighted by Gasteiger charge is -2.01. The van der Waals surface area contributed by atoms with Gasteiger partial charge in [0.05, 0.1) is 11.2 Å². The molecular formula is C17H14ClNO2. The Labute approximate surface area is 128 Å². The highest BCUT2D eigenvalue weighted by Crippen LogP contribution is 2.24. The van der Waals surface area contributed by atoms with Gasteiger partial charge in [0.15, 0.2) is 0 Å². The average Bonchev–Trinajstić information content (AvgIpc) is 2.48. The summed E-state index contributed by atoms with van der Waals surface area (Å²) in [5.74, 6) is 0.244. The van der Waals surface area contributed by atoms with Crippen LogP contribution in [0.4, 0.5) is 0 Å². The molecule has 0 radical (unpaired) electrons. The third kappa shape index (κ3) is 3.33. The summed E-state index contributed by atoms with van der Waals surface area (Å²) in [4.78, 5) is 4.51. The molecule has 21 heavy (non-hydrogen) atoms. The predicted octanol–water partition coefficient (Wildman–Crippen LogP) is 4.24. The molecule has 3 rings (SSSR count). The number of pyridine rings is 1. The zero-order chi connectivity index (χ0) is 13.9. The molecule has 2 aromatic carbocycles. The normalized spacial score (nSPS) is 10.7. The zero-order valence-electron chi connectivity index (χ0n) is 11.1. The molecule has 0 amide bonds. The second kappa shape index (κ2) is 6.29. The molecule has 0 fully saturated rings. The van der Waals surface area contributed by atoms with Crippen LogP contribution < -0.4 is 0 Å². The maximum absolute atomic E-state index is 9.70. The van der Waals surface area contributed by atoms with Crippen molar-refractivity contribution in [1.29, 1.82) is 0 Å². The summed E-state index contributed by atoms with van der Waals surface area (Å²) < 4.78 is 0. The third-order valence-corrected chi connectivity index (χ3v) is 3.06. The van der Waals surface area contributed by atoms with Gasteiger partial charge in [-0.2, -0.15) is 0 Å². The first-order valence-corrected chi connectivity index (χ1v) is 6.28. The predicted molar refractivity (Wildman–Crippen MR) is 87.7 cm³/mol. The molecule has 0 bridgehead atoms. The van der Waals surface area contributed by atoms with Gasteiger partial charge >= 0.3 is 0 Å². The van der Waals surface area contributed by atoms with Gasteiger partial charge in [0.1, 0.15) is 11.5 Å². The van der Waals surface area contributed by atoms with E-state index in [9.17, 15) is 10.2 Å². The quantitative estimate of drug-likeness (QED) is 0.696. The molecule has 2 N–H and O–H groups in total. The van der Waals surface area contributed by atoms with Crippen molar-refractivity contribution in [2.75, 3.05) is 0 Å². The van der Waals surface area contributed by atoms with E-state index in [1.165, 1.54) is 18.2 Å². The van der Waals surface area contributed by atoms with Crippen molar-refractivity contribution in [3.05, 3.63) is 65.9 Å². The topological polar surface area (TPSA) is 53.4 Å². The Morgan fingerprint density at radius 2 is 1.67 bits per heavy atom. The lowest BCUT2D eigenvalue weighted by atomic mass is 10.1. The molecule has 0 aliphatic carbocycles. The molecular weight excluding hydrogens is 286 g/mol. The summed E-state index contributed by atoms with van der Waals surface area (Å²) in [6.45, 7) is 0. The van der Waals surface area contributed by atoms with E-state index in [2.05, 4.69) is 4.98 Å². The number of fused-ring (bicyclic) bond motifs is 1. The van der Waals surface area contributed by atoms with Crippen LogP contribution in [0.15, 0.2) is 54.6 Å². The van der Waals surface area contributed by atoms with Gasteiger partial charge in [-0.15, -0.1) is 12.4 Å². The number of para-hydroxylation sites is 1. The Kier molecular flexibility index (Phi) is 4.45. The monoisotopic (exact) mass is 299 g/mol. The summed E-state index contributed by atoms with van der Waals surface area (Å²) in [7, 11) is 0. The molecule has 106 valence electrons. The lowest BCUT2D eigenvalue weighted by molar-refractivity contribution is 0.459. The summed E-state index contributed by atoms with van der Waals surface area (Å²) in [6, 6.07) is 16.2. The zero-order valence-corrected chi connectivity index (χ0v) is 11.9. The molecule has 1 heterocycles. The number of aromatic nitrogens is 1. The molecule has 0 aliphatic rings. The van der Waals surface area contributed by atoms with Crippen LogP contribution in [0.25, 0.3) is 23.1 Å². The van der Waals surface area contributed by atoms with Gasteiger partial charge in [-0.1, -0.05) is 24.3 Å². The first-order valence-electron chi connectivity index (χ1n) is 6.28.